The van der Waals surface area contributed by atoms with Gasteiger partial charge in [-0.1, -0.05) is 51.1 Å². The molecule has 158 valence electrons. The molecule has 5 heteroatoms. The van der Waals surface area contributed by atoms with Crippen LogP contribution in [0, 0.1) is 5.41 Å². The molecule has 1 aromatic rings. The number of hydrogen-bond donors (Lipinski definition) is 0. The minimum absolute atomic E-state index is 0.00943. The van der Waals surface area contributed by atoms with Crippen molar-refractivity contribution in [3.63, 3.8) is 0 Å². The normalized spacial score (nSPS) is 19.0. The number of nitrogens with zero attached hydrogens (tertiary/aromatic N) is 2. The Hall–Kier alpha value is -1.43. The van der Waals surface area contributed by atoms with Crippen LogP contribution in [0.25, 0.3) is 0 Å². The fourth-order valence-corrected chi connectivity index (χ4v) is 4.08. The summed E-state index contributed by atoms with van der Waals surface area (Å²) in [4.78, 5) is 12.8. The van der Waals surface area contributed by atoms with Gasteiger partial charge in [-0.3, -0.25) is 9.80 Å². The van der Waals surface area contributed by atoms with Crippen molar-refractivity contribution >= 4 is 5.91 Å². The number of carbonyl (C=O) groups is 1. The van der Waals surface area contributed by atoms with Crippen LogP contribution in [0.4, 0.5) is 0 Å². The molecular formula is C23H38N2O3. The Balaban J connectivity index is 2.12. The van der Waals surface area contributed by atoms with E-state index < -0.39 is 0 Å². The monoisotopic (exact) mass is 390 g/mol. The summed E-state index contributed by atoms with van der Waals surface area (Å²) in [5.41, 5.74) is 1.31. The lowest BCUT2D eigenvalue weighted by Crippen LogP contribution is -2.58. The van der Waals surface area contributed by atoms with Crippen LogP contribution in [0.15, 0.2) is 30.3 Å². The molecule has 2 atom stereocenters. The van der Waals surface area contributed by atoms with Gasteiger partial charge in [0.1, 0.15) is 0 Å². The molecule has 0 bridgehead atoms. The van der Waals surface area contributed by atoms with Gasteiger partial charge in [0.05, 0.1) is 31.9 Å². The number of hydrazine groups is 1. The zero-order chi connectivity index (χ0) is 20.6. The van der Waals surface area contributed by atoms with Gasteiger partial charge in [-0.15, -0.1) is 0 Å². The summed E-state index contributed by atoms with van der Waals surface area (Å²) in [5, 5.41) is 4.32. The number of aryl methyl sites for hydroxylation is 1. The summed E-state index contributed by atoms with van der Waals surface area (Å²) in [6, 6.07) is 10.9. The van der Waals surface area contributed by atoms with Gasteiger partial charge >= 0.3 is 0 Å². The third-order valence-corrected chi connectivity index (χ3v) is 5.53. The lowest BCUT2D eigenvalue weighted by molar-refractivity contribution is -0.165. The van der Waals surface area contributed by atoms with E-state index in [1.54, 1.807) is 14.0 Å². The molecule has 5 nitrogen and oxygen atoms in total. The first-order valence-corrected chi connectivity index (χ1v) is 10.5. The van der Waals surface area contributed by atoms with Gasteiger partial charge in [0.25, 0.3) is 0 Å². The van der Waals surface area contributed by atoms with Crippen LogP contribution >= 0.6 is 0 Å². The van der Waals surface area contributed by atoms with Crippen molar-refractivity contribution in [2.24, 2.45) is 5.41 Å². The molecule has 1 aliphatic rings. The summed E-state index contributed by atoms with van der Waals surface area (Å²) in [5.74, 6) is 0.122. The Bertz CT molecular complexity index is 585. The predicted molar refractivity (Wildman–Crippen MR) is 113 cm³/mol. The van der Waals surface area contributed by atoms with E-state index in [2.05, 4.69) is 50.0 Å². The molecule has 0 N–H and O–H groups in total. The van der Waals surface area contributed by atoms with Gasteiger partial charge < -0.3 is 9.47 Å². The number of amides is 1. The van der Waals surface area contributed by atoms with Gasteiger partial charge in [0.2, 0.25) is 5.91 Å². The second-order valence-corrected chi connectivity index (χ2v) is 8.80. The standard InChI is InChI=1S/C23H38N2O3/c1-19(26)25(24-15-9-12-21(24)18-28-17-16-27-5)22(23(2,3)4)14-13-20-10-7-6-8-11-20/h6-8,10-11,21-22H,9,12-18H2,1-5H3/t21-,22-/m0/s1. The average Bonchev–Trinajstić information content (AvgIpc) is 3.09. The number of hydrogen-bond acceptors (Lipinski definition) is 4. The summed E-state index contributed by atoms with van der Waals surface area (Å²) < 4.78 is 10.9. The van der Waals surface area contributed by atoms with Crippen LogP contribution in [-0.2, 0) is 20.7 Å². The molecule has 1 aromatic carbocycles. The largest absolute Gasteiger partial charge is 0.382 e. The van der Waals surface area contributed by atoms with Gasteiger partial charge in [-0.05, 0) is 36.7 Å². The number of carbonyl (C=O) groups excluding carboxylic acids is 1. The van der Waals surface area contributed by atoms with Crippen LogP contribution in [0.2, 0.25) is 0 Å². The lowest BCUT2D eigenvalue weighted by atomic mass is 9.82. The highest BCUT2D eigenvalue weighted by molar-refractivity contribution is 5.73. The van der Waals surface area contributed by atoms with Crippen molar-refractivity contribution in [1.29, 1.82) is 0 Å². The summed E-state index contributed by atoms with van der Waals surface area (Å²) >= 11 is 0. The van der Waals surface area contributed by atoms with Crippen LogP contribution in [0.5, 0.6) is 0 Å². The number of rotatable bonds is 10. The lowest BCUT2D eigenvalue weighted by Gasteiger charge is -2.46. The van der Waals surface area contributed by atoms with Crippen molar-refractivity contribution in [2.75, 3.05) is 33.5 Å². The molecule has 0 unspecified atom stereocenters. The Morgan fingerprint density at radius 2 is 1.96 bits per heavy atom. The Labute approximate surface area is 171 Å². The van der Waals surface area contributed by atoms with Crippen LogP contribution < -0.4 is 0 Å². The molecule has 1 heterocycles. The first kappa shape index (κ1) is 22.9. The number of methoxy groups -OCH3 is 1. The first-order valence-electron chi connectivity index (χ1n) is 10.5. The van der Waals surface area contributed by atoms with Crippen LogP contribution in [0.3, 0.4) is 0 Å². The van der Waals surface area contributed by atoms with Gasteiger partial charge in [0, 0.05) is 20.6 Å². The smallest absolute Gasteiger partial charge is 0.234 e. The van der Waals surface area contributed by atoms with Crippen molar-refractivity contribution in [3.05, 3.63) is 35.9 Å². The Kier molecular flexibility index (Phi) is 8.93. The third kappa shape index (κ3) is 6.57. The van der Waals surface area contributed by atoms with E-state index in [9.17, 15) is 4.79 Å². The predicted octanol–water partition coefficient (Wildman–Crippen LogP) is 3.92. The number of benzene rings is 1. The van der Waals surface area contributed by atoms with Crippen molar-refractivity contribution < 1.29 is 14.3 Å². The maximum absolute atomic E-state index is 12.8. The Morgan fingerprint density at radius 1 is 1.25 bits per heavy atom. The Morgan fingerprint density at radius 3 is 2.57 bits per heavy atom. The van der Waals surface area contributed by atoms with E-state index in [1.165, 1.54) is 5.56 Å². The van der Waals surface area contributed by atoms with Crippen LogP contribution in [0.1, 0.15) is 52.5 Å². The average molecular weight is 391 g/mol. The summed E-state index contributed by atoms with van der Waals surface area (Å²) in [7, 11) is 1.68. The van der Waals surface area contributed by atoms with Crippen molar-refractivity contribution in [3.8, 4) is 0 Å². The zero-order valence-electron chi connectivity index (χ0n) is 18.3. The highest BCUT2D eigenvalue weighted by Crippen LogP contribution is 2.32. The van der Waals surface area contributed by atoms with E-state index in [-0.39, 0.29) is 23.4 Å². The number of ether oxygens (including phenoxy) is 2. The second-order valence-electron chi connectivity index (χ2n) is 8.80. The molecule has 0 spiro atoms. The molecule has 1 aliphatic heterocycles. The SMILES string of the molecule is COCCOC[C@@H]1CCCN1N(C(C)=O)[C@@H](CCc1ccccc1)C(C)(C)C. The topological polar surface area (TPSA) is 42.0 Å². The van der Waals surface area contributed by atoms with E-state index >= 15 is 0 Å². The van der Waals surface area contributed by atoms with Crippen molar-refractivity contribution in [1.82, 2.24) is 10.0 Å². The molecule has 1 fully saturated rings. The molecule has 0 aliphatic carbocycles. The van der Waals surface area contributed by atoms with Crippen LogP contribution in [-0.4, -0.2) is 61.5 Å². The van der Waals surface area contributed by atoms with Gasteiger partial charge in [0.15, 0.2) is 0 Å². The molecule has 0 saturated carbocycles. The third-order valence-electron chi connectivity index (χ3n) is 5.53. The van der Waals surface area contributed by atoms with E-state index in [4.69, 9.17) is 9.47 Å². The fraction of sp³-hybridized carbons (Fsp3) is 0.696. The molecule has 1 amide bonds. The minimum atomic E-state index is -0.00943. The minimum Gasteiger partial charge on any atom is -0.382 e. The highest BCUT2D eigenvalue weighted by Gasteiger charge is 2.39. The maximum Gasteiger partial charge on any atom is 0.234 e. The molecule has 28 heavy (non-hydrogen) atoms. The highest BCUT2D eigenvalue weighted by atomic mass is 16.5. The summed E-state index contributed by atoms with van der Waals surface area (Å²) in [6.45, 7) is 11.2. The molecule has 1 saturated heterocycles. The van der Waals surface area contributed by atoms with Gasteiger partial charge in [-0.25, -0.2) is 5.01 Å². The zero-order valence-corrected chi connectivity index (χ0v) is 18.3. The molecule has 0 aromatic heterocycles. The van der Waals surface area contributed by atoms with E-state index in [1.807, 2.05) is 11.1 Å². The first-order chi connectivity index (χ1) is 13.3. The molecular weight excluding hydrogens is 352 g/mol. The van der Waals surface area contributed by atoms with Gasteiger partial charge in [-0.2, -0.15) is 0 Å². The second kappa shape index (κ2) is 10.9. The fourth-order valence-electron chi connectivity index (χ4n) is 4.08. The summed E-state index contributed by atoms with van der Waals surface area (Å²) in [6.07, 6.45) is 4.07. The molecule has 2 rings (SSSR count). The van der Waals surface area contributed by atoms with Crippen molar-refractivity contribution in [2.45, 2.75) is 65.5 Å². The quantitative estimate of drug-likeness (QED) is 0.568. The van der Waals surface area contributed by atoms with E-state index in [0.29, 0.717) is 19.8 Å². The molecule has 0 radical (unpaired) electrons. The van der Waals surface area contributed by atoms with E-state index in [0.717, 1.165) is 32.2 Å². The maximum atomic E-state index is 12.8.